The number of aliphatic carboxylic acids is 2. The van der Waals surface area contributed by atoms with Crippen molar-refractivity contribution in [1.82, 2.24) is 5.32 Å². The van der Waals surface area contributed by atoms with Gasteiger partial charge in [-0.2, -0.15) is 23.5 Å². The molecule has 1 aliphatic heterocycles. The highest BCUT2D eigenvalue weighted by atomic mass is 32.2. The topological polar surface area (TPSA) is 130 Å². The summed E-state index contributed by atoms with van der Waals surface area (Å²) in [4.78, 5) is 34.8. The van der Waals surface area contributed by atoms with Crippen LogP contribution in [0.3, 0.4) is 0 Å². The van der Waals surface area contributed by atoms with Gasteiger partial charge in [0.1, 0.15) is 0 Å². The lowest BCUT2D eigenvalue weighted by molar-refractivity contribution is -0.148. The van der Waals surface area contributed by atoms with Gasteiger partial charge in [0.05, 0.1) is 12.0 Å². The predicted octanol–water partition coefficient (Wildman–Crippen LogP) is -0.548. The molecular formula is C12H18N2O5S2. The maximum Gasteiger partial charge on any atom is 0.330 e. The van der Waals surface area contributed by atoms with Crippen LogP contribution in [0.25, 0.3) is 0 Å². The van der Waals surface area contributed by atoms with Gasteiger partial charge in [0.25, 0.3) is 0 Å². The molecule has 5 N–H and O–H groups in total. The van der Waals surface area contributed by atoms with Crippen molar-refractivity contribution >= 4 is 41.4 Å². The number of nitrogens with two attached hydrogens (primary N) is 1. The second-order valence-electron chi connectivity index (χ2n) is 5.32. The van der Waals surface area contributed by atoms with E-state index in [0.29, 0.717) is 12.2 Å². The SMILES string of the molecule is CSCC[C@H](N)C(=O)N[C@@]1(C(=O)O)CS[C@H]2[C@H](C(=O)O)[C@H]21. The van der Waals surface area contributed by atoms with Gasteiger partial charge in [0, 0.05) is 16.9 Å². The molecule has 7 nitrogen and oxygen atoms in total. The van der Waals surface area contributed by atoms with Crippen LogP contribution in [0.2, 0.25) is 0 Å². The number of rotatable bonds is 7. The third-order valence-corrected chi connectivity index (χ3v) is 6.25. The third kappa shape index (κ3) is 2.86. The molecule has 0 aromatic rings. The summed E-state index contributed by atoms with van der Waals surface area (Å²) in [6, 6.07) is -0.778. The molecule has 21 heavy (non-hydrogen) atoms. The fourth-order valence-electron chi connectivity index (χ4n) is 2.76. The van der Waals surface area contributed by atoms with Gasteiger partial charge in [0.15, 0.2) is 5.54 Å². The van der Waals surface area contributed by atoms with Gasteiger partial charge in [-0.1, -0.05) is 0 Å². The van der Waals surface area contributed by atoms with Crippen molar-refractivity contribution in [3.63, 3.8) is 0 Å². The number of carbonyl (C=O) groups is 3. The molecule has 1 heterocycles. The second-order valence-corrected chi connectivity index (χ2v) is 7.47. The first-order valence-corrected chi connectivity index (χ1v) is 8.93. The smallest absolute Gasteiger partial charge is 0.330 e. The Kier molecular flexibility index (Phi) is 4.74. The van der Waals surface area contributed by atoms with Crippen LogP contribution in [0.1, 0.15) is 6.42 Å². The number of amides is 1. The summed E-state index contributed by atoms with van der Waals surface area (Å²) in [6.45, 7) is 0. The van der Waals surface area contributed by atoms with E-state index < -0.39 is 41.3 Å². The Bertz CT molecular complexity index is 475. The molecule has 0 spiro atoms. The minimum Gasteiger partial charge on any atom is -0.481 e. The van der Waals surface area contributed by atoms with Crippen molar-refractivity contribution in [3.05, 3.63) is 0 Å². The molecule has 1 saturated heterocycles. The van der Waals surface area contributed by atoms with Crippen molar-refractivity contribution < 1.29 is 24.6 Å². The number of nitrogens with one attached hydrogen (secondary N) is 1. The zero-order valence-corrected chi connectivity index (χ0v) is 13.1. The Balaban J connectivity index is 2.09. The van der Waals surface area contributed by atoms with E-state index in [1.165, 1.54) is 11.8 Å². The van der Waals surface area contributed by atoms with Crippen LogP contribution in [0.5, 0.6) is 0 Å². The van der Waals surface area contributed by atoms with Crippen molar-refractivity contribution in [3.8, 4) is 0 Å². The van der Waals surface area contributed by atoms with E-state index in [9.17, 15) is 19.5 Å². The molecule has 0 radical (unpaired) electrons. The molecule has 1 saturated carbocycles. The van der Waals surface area contributed by atoms with Gasteiger partial charge in [-0.3, -0.25) is 9.59 Å². The molecular weight excluding hydrogens is 316 g/mol. The van der Waals surface area contributed by atoms with Crippen LogP contribution in [0.15, 0.2) is 0 Å². The lowest BCUT2D eigenvalue weighted by atomic mass is 9.93. The molecule has 2 rings (SSSR count). The average molecular weight is 334 g/mol. The number of hydrogen-bond acceptors (Lipinski definition) is 6. The quantitative estimate of drug-likeness (QED) is 0.488. The summed E-state index contributed by atoms with van der Waals surface area (Å²) < 4.78 is 0. The number of fused-ring (bicyclic) bond motifs is 1. The molecule has 0 aromatic heterocycles. The van der Waals surface area contributed by atoms with E-state index in [4.69, 9.17) is 10.8 Å². The molecule has 118 valence electrons. The van der Waals surface area contributed by atoms with Gasteiger partial charge >= 0.3 is 11.9 Å². The zero-order valence-electron chi connectivity index (χ0n) is 11.4. The zero-order chi connectivity index (χ0) is 15.8. The molecule has 9 heteroatoms. The third-order valence-electron chi connectivity index (χ3n) is 4.01. The monoisotopic (exact) mass is 334 g/mol. The molecule has 5 atom stereocenters. The maximum absolute atomic E-state index is 12.1. The highest BCUT2D eigenvalue weighted by Crippen LogP contribution is 2.61. The minimum absolute atomic E-state index is 0.183. The van der Waals surface area contributed by atoms with Crippen molar-refractivity contribution in [2.75, 3.05) is 17.8 Å². The molecule has 1 amide bonds. The van der Waals surface area contributed by atoms with E-state index in [1.54, 1.807) is 11.8 Å². The number of thioether (sulfide) groups is 2. The fraction of sp³-hybridized carbons (Fsp3) is 0.750. The van der Waals surface area contributed by atoms with Crippen LogP contribution in [-0.4, -0.2) is 62.7 Å². The van der Waals surface area contributed by atoms with Gasteiger partial charge in [-0.05, 0) is 18.4 Å². The summed E-state index contributed by atoms with van der Waals surface area (Å²) in [5, 5.41) is 20.9. The minimum atomic E-state index is -1.51. The number of carboxylic acid groups (broad SMARTS) is 2. The standard InChI is InChI=1S/C12H18N2O5S2/c1-20-3-2-5(13)9(15)14-12(11(18)19)4-21-8-6(7(8)12)10(16)17/h5-8H,2-4,13H2,1H3,(H,14,15)(H,16,17)(H,18,19)/t5-,6+,7+,8-,12-/m0/s1. The Morgan fingerprint density at radius 2 is 2.14 bits per heavy atom. The van der Waals surface area contributed by atoms with E-state index in [1.807, 2.05) is 6.26 Å². The summed E-state index contributed by atoms with van der Waals surface area (Å²) in [7, 11) is 0. The molecule has 1 aliphatic carbocycles. The highest BCUT2D eigenvalue weighted by Gasteiger charge is 2.73. The van der Waals surface area contributed by atoms with Gasteiger partial charge < -0.3 is 21.3 Å². The summed E-state index contributed by atoms with van der Waals surface area (Å²) in [5.41, 5.74) is 4.25. The largest absolute Gasteiger partial charge is 0.481 e. The summed E-state index contributed by atoms with van der Waals surface area (Å²) in [5.74, 6) is -3.10. The van der Waals surface area contributed by atoms with Gasteiger partial charge in [-0.15, -0.1) is 0 Å². The Labute approximate surface area is 130 Å². The van der Waals surface area contributed by atoms with Crippen LogP contribution >= 0.6 is 23.5 Å². The van der Waals surface area contributed by atoms with Gasteiger partial charge in [0.2, 0.25) is 5.91 Å². The number of carbonyl (C=O) groups excluding carboxylic acids is 1. The Hall–Kier alpha value is -0.930. The highest BCUT2D eigenvalue weighted by molar-refractivity contribution is 8.00. The lowest BCUT2D eigenvalue weighted by Gasteiger charge is -2.29. The summed E-state index contributed by atoms with van der Waals surface area (Å²) in [6.07, 6.45) is 2.34. The Morgan fingerprint density at radius 1 is 1.48 bits per heavy atom. The molecule has 0 bridgehead atoms. The predicted molar refractivity (Wildman–Crippen MR) is 80.3 cm³/mol. The van der Waals surface area contributed by atoms with Crippen LogP contribution < -0.4 is 11.1 Å². The van der Waals surface area contributed by atoms with Crippen LogP contribution in [0, 0.1) is 11.8 Å². The first kappa shape index (κ1) is 16.4. The first-order valence-electron chi connectivity index (χ1n) is 6.49. The van der Waals surface area contributed by atoms with E-state index in [0.717, 1.165) is 0 Å². The van der Waals surface area contributed by atoms with Crippen LogP contribution in [0.4, 0.5) is 0 Å². The number of hydrogen-bond donors (Lipinski definition) is 4. The van der Waals surface area contributed by atoms with Gasteiger partial charge in [-0.25, -0.2) is 4.79 Å². The van der Waals surface area contributed by atoms with Crippen molar-refractivity contribution in [2.24, 2.45) is 17.6 Å². The average Bonchev–Trinajstić information content (AvgIpc) is 3.05. The van der Waals surface area contributed by atoms with E-state index in [2.05, 4.69) is 5.32 Å². The van der Waals surface area contributed by atoms with Crippen molar-refractivity contribution in [1.29, 1.82) is 0 Å². The molecule has 0 aromatic carbocycles. The molecule has 2 aliphatic rings. The molecule has 2 fully saturated rings. The Morgan fingerprint density at radius 3 is 2.62 bits per heavy atom. The number of carboxylic acids is 2. The maximum atomic E-state index is 12.1. The first-order chi connectivity index (χ1) is 9.85. The van der Waals surface area contributed by atoms with E-state index in [-0.39, 0.29) is 11.0 Å². The van der Waals surface area contributed by atoms with Crippen molar-refractivity contribution in [2.45, 2.75) is 23.3 Å². The summed E-state index contributed by atoms with van der Waals surface area (Å²) >= 11 is 2.84. The van der Waals surface area contributed by atoms with Crippen LogP contribution in [-0.2, 0) is 14.4 Å². The molecule has 0 unspecified atom stereocenters. The normalized spacial score (nSPS) is 34.9. The second kappa shape index (κ2) is 6.05. The fourth-order valence-corrected chi connectivity index (χ4v) is 5.11. The van der Waals surface area contributed by atoms with E-state index >= 15 is 0 Å². The lowest BCUT2D eigenvalue weighted by Crippen LogP contribution is -2.61.